The normalized spacial score (nSPS) is 9.67. The average molecular weight is 280 g/mol. The van der Waals surface area contributed by atoms with Gasteiger partial charge in [0.1, 0.15) is 0 Å². The molecule has 0 fully saturated rings. The van der Waals surface area contributed by atoms with Crippen LogP contribution in [0.15, 0.2) is 0 Å². The number of hydrogen-bond donors (Lipinski definition) is 0. The molecule has 0 unspecified atom stereocenters. The molecule has 61 valence electrons. The molecule has 0 rings (SSSR count). The second kappa shape index (κ2) is 12.2. The number of halogens is 3. The van der Waals surface area contributed by atoms with Gasteiger partial charge in [0.05, 0.1) is 0 Å². The second-order valence-electron chi connectivity index (χ2n) is 1.51. The fourth-order valence-electron chi connectivity index (χ4n) is 0.354. The van der Waals surface area contributed by atoms with E-state index in [0.29, 0.717) is 0 Å². The number of rotatable bonds is 2. The van der Waals surface area contributed by atoms with E-state index in [-0.39, 0.29) is 0 Å². The summed E-state index contributed by atoms with van der Waals surface area (Å²) in [5, 5.41) is 0. The van der Waals surface area contributed by atoms with Gasteiger partial charge < -0.3 is 0 Å². The Bertz CT molecular complexity index is 36.4. The SMILES string of the molecule is CCCCC.[Cl][Ru]([Cl])[Cl]. The monoisotopic (exact) mass is 279 g/mol. The Morgan fingerprint density at radius 1 is 1.00 bits per heavy atom. The topological polar surface area (TPSA) is 0 Å². The van der Waals surface area contributed by atoms with Crippen molar-refractivity contribution in [1.29, 1.82) is 0 Å². The zero-order valence-electron chi connectivity index (χ0n) is 5.61. The quantitative estimate of drug-likeness (QED) is 0.663. The molecule has 0 aliphatic rings. The summed E-state index contributed by atoms with van der Waals surface area (Å²) >= 11 is -1.75. The van der Waals surface area contributed by atoms with E-state index in [9.17, 15) is 0 Å². The van der Waals surface area contributed by atoms with Crippen molar-refractivity contribution in [2.45, 2.75) is 33.1 Å². The molecule has 0 spiro atoms. The molecular formula is C5H12Cl3Ru. The third-order valence-electron chi connectivity index (χ3n) is 0.707. The van der Waals surface area contributed by atoms with E-state index < -0.39 is 13.0 Å². The molecule has 0 aromatic carbocycles. The molecule has 0 aliphatic heterocycles. The Hall–Kier alpha value is 1.49. The van der Waals surface area contributed by atoms with E-state index in [4.69, 9.17) is 29.1 Å². The molecule has 0 bridgehead atoms. The Morgan fingerprint density at radius 3 is 1.22 bits per heavy atom. The fraction of sp³-hybridized carbons (Fsp3) is 1.00. The Labute approximate surface area is 74.9 Å². The Kier molecular flexibility index (Phi) is 17.8. The molecule has 0 atom stereocenters. The standard InChI is InChI=1S/C5H12.3ClH.Ru/c1-3-5-4-2;;;;/h3-5H2,1-2H3;3*1H;/q;;;;+3/p-3. The van der Waals surface area contributed by atoms with Crippen molar-refractivity contribution in [2.24, 2.45) is 0 Å². The van der Waals surface area contributed by atoms with Gasteiger partial charge in [-0.2, -0.15) is 0 Å². The molecule has 0 heterocycles. The van der Waals surface area contributed by atoms with Gasteiger partial charge >= 0.3 is 42.1 Å². The molecule has 9 heavy (non-hydrogen) atoms. The van der Waals surface area contributed by atoms with Crippen molar-refractivity contribution in [3.05, 3.63) is 0 Å². The van der Waals surface area contributed by atoms with E-state index >= 15 is 0 Å². The third kappa shape index (κ3) is 43.7. The summed E-state index contributed by atoms with van der Waals surface area (Å²) < 4.78 is 0. The molecule has 0 saturated heterocycles. The van der Waals surface area contributed by atoms with Gasteiger partial charge in [0.25, 0.3) is 0 Å². The maximum atomic E-state index is 4.95. The molecule has 4 heteroatoms. The molecule has 0 N–H and O–H groups in total. The molecule has 0 amide bonds. The van der Waals surface area contributed by atoms with Gasteiger partial charge in [0.15, 0.2) is 0 Å². The first kappa shape index (κ1) is 13.1. The van der Waals surface area contributed by atoms with Crippen molar-refractivity contribution < 1.29 is 13.0 Å². The summed E-state index contributed by atoms with van der Waals surface area (Å²) in [5.74, 6) is 0. The van der Waals surface area contributed by atoms with Crippen LogP contribution >= 0.6 is 29.1 Å². The molecule has 0 radical (unpaired) electrons. The molecule has 0 saturated carbocycles. The van der Waals surface area contributed by atoms with Gasteiger partial charge in [0.2, 0.25) is 0 Å². The van der Waals surface area contributed by atoms with Gasteiger partial charge in [-0.1, -0.05) is 33.1 Å². The molecular weight excluding hydrogens is 267 g/mol. The molecule has 0 aromatic rings. The van der Waals surface area contributed by atoms with E-state index in [0.717, 1.165) is 0 Å². The Balaban J connectivity index is 0. The van der Waals surface area contributed by atoms with Crippen LogP contribution in [0.2, 0.25) is 0 Å². The van der Waals surface area contributed by atoms with Gasteiger partial charge in [-0.15, -0.1) is 0 Å². The van der Waals surface area contributed by atoms with Crippen LogP contribution in [0.4, 0.5) is 0 Å². The van der Waals surface area contributed by atoms with E-state index in [1.54, 1.807) is 0 Å². The summed E-state index contributed by atoms with van der Waals surface area (Å²) in [6.07, 6.45) is 4.08. The summed E-state index contributed by atoms with van der Waals surface area (Å²) in [5.41, 5.74) is 0. The average Bonchev–Trinajstić information content (AvgIpc) is 1.66. The van der Waals surface area contributed by atoms with Crippen LogP contribution in [0.1, 0.15) is 33.1 Å². The van der Waals surface area contributed by atoms with Crippen LogP contribution in [0.5, 0.6) is 0 Å². The summed E-state index contributed by atoms with van der Waals surface area (Å²) in [7, 11) is 14.8. The minimum atomic E-state index is -1.75. The fourth-order valence-corrected chi connectivity index (χ4v) is 0.354. The van der Waals surface area contributed by atoms with E-state index in [1.807, 2.05) is 0 Å². The zero-order chi connectivity index (χ0) is 7.70. The van der Waals surface area contributed by atoms with Crippen molar-refractivity contribution in [3.8, 4) is 0 Å². The van der Waals surface area contributed by atoms with Crippen LogP contribution in [0, 0.1) is 0 Å². The third-order valence-corrected chi connectivity index (χ3v) is 0.707. The first-order valence-corrected chi connectivity index (χ1v) is 9.53. The van der Waals surface area contributed by atoms with E-state index in [1.165, 1.54) is 19.3 Å². The van der Waals surface area contributed by atoms with Gasteiger partial charge in [-0.3, -0.25) is 0 Å². The summed E-state index contributed by atoms with van der Waals surface area (Å²) in [6.45, 7) is 4.42. The molecule has 0 aliphatic carbocycles. The molecule has 0 aromatic heterocycles. The van der Waals surface area contributed by atoms with E-state index in [2.05, 4.69) is 13.8 Å². The first-order chi connectivity index (χ1) is 4.15. The second-order valence-corrected chi connectivity index (χ2v) is 9.42. The van der Waals surface area contributed by atoms with Crippen LogP contribution in [-0.2, 0) is 13.0 Å². The van der Waals surface area contributed by atoms with Crippen molar-refractivity contribution >= 4 is 29.1 Å². The number of hydrogen-bond acceptors (Lipinski definition) is 0. The van der Waals surface area contributed by atoms with Gasteiger partial charge in [0, 0.05) is 0 Å². The van der Waals surface area contributed by atoms with Gasteiger partial charge in [-0.05, 0) is 0 Å². The van der Waals surface area contributed by atoms with Crippen LogP contribution in [0.25, 0.3) is 0 Å². The van der Waals surface area contributed by atoms with Crippen LogP contribution in [0.3, 0.4) is 0 Å². The summed E-state index contributed by atoms with van der Waals surface area (Å²) in [6, 6.07) is 0. The van der Waals surface area contributed by atoms with Crippen molar-refractivity contribution in [3.63, 3.8) is 0 Å². The minimum absolute atomic E-state index is 1.34. The predicted molar refractivity (Wildman–Crippen MR) is 42.8 cm³/mol. The van der Waals surface area contributed by atoms with Crippen molar-refractivity contribution in [1.82, 2.24) is 0 Å². The van der Waals surface area contributed by atoms with Gasteiger partial charge in [-0.25, -0.2) is 0 Å². The van der Waals surface area contributed by atoms with Crippen LogP contribution in [-0.4, -0.2) is 0 Å². The predicted octanol–water partition coefficient (Wildman–Crippen LogP) is 4.26. The zero-order valence-corrected chi connectivity index (χ0v) is 9.61. The molecule has 0 nitrogen and oxygen atoms in total. The maximum absolute atomic E-state index is 4.95. The Morgan fingerprint density at radius 2 is 1.22 bits per heavy atom. The first-order valence-electron chi connectivity index (χ1n) is 2.82. The van der Waals surface area contributed by atoms with Crippen molar-refractivity contribution in [2.75, 3.05) is 0 Å². The summed E-state index contributed by atoms with van der Waals surface area (Å²) in [4.78, 5) is 0. The van der Waals surface area contributed by atoms with Crippen LogP contribution < -0.4 is 0 Å². The number of unbranched alkanes of at least 4 members (excludes halogenated alkanes) is 2.